The zero-order chi connectivity index (χ0) is 12.7. The molecule has 0 aliphatic carbocycles. The van der Waals surface area contributed by atoms with Crippen molar-refractivity contribution in [3.8, 4) is 11.8 Å². The number of ether oxygens (including phenoxy) is 1. The molecule has 0 fully saturated rings. The highest BCUT2D eigenvalue weighted by Gasteiger charge is 2.11. The predicted octanol–water partition coefficient (Wildman–Crippen LogP) is 1.28. The second-order valence-electron chi connectivity index (χ2n) is 3.37. The van der Waals surface area contributed by atoms with Crippen LogP contribution >= 0.6 is 0 Å². The van der Waals surface area contributed by atoms with Crippen LogP contribution in [0.5, 0.6) is 5.75 Å². The minimum atomic E-state index is -0.250. The number of rotatable bonds is 5. The molecule has 0 aliphatic heterocycles. The number of para-hydroxylation sites is 1. The Morgan fingerprint density at radius 1 is 1.59 bits per heavy atom. The van der Waals surface area contributed by atoms with Gasteiger partial charge in [-0.2, -0.15) is 5.26 Å². The number of hydrogen-bond acceptors (Lipinski definition) is 4. The van der Waals surface area contributed by atoms with Crippen molar-refractivity contribution in [2.24, 2.45) is 0 Å². The Morgan fingerprint density at radius 2 is 2.35 bits per heavy atom. The van der Waals surface area contributed by atoms with Gasteiger partial charge in [0.2, 0.25) is 5.91 Å². The molecule has 0 heterocycles. The van der Waals surface area contributed by atoms with Crippen LogP contribution in [0.25, 0.3) is 0 Å². The third kappa shape index (κ3) is 3.47. The molecule has 90 valence electrons. The number of nitriles is 1. The molecular weight excluding hydrogens is 220 g/mol. The van der Waals surface area contributed by atoms with Gasteiger partial charge in [0.05, 0.1) is 12.7 Å². The lowest BCUT2D eigenvalue weighted by molar-refractivity contribution is -0.116. The second kappa shape index (κ2) is 6.51. The highest BCUT2D eigenvalue weighted by molar-refractivity contribution is 5.93. The minimum Gasteiger partial charge on any atom is -0.495 e. The molecule has 5 heteroatoms. The Morgan fingerprint density at radius 3 is 2.94 bits per heavy atom. The van der Waals surface area contributed by atoms with E-state index in [9.17, 15) is 4.79 Å². The van der Waals surface area contributed by atoms with Crippen molar-refractivity contribution in [2.45, 2.75) is 12.8 Å². The van der Waals surface area contributed by atoms with Gasteiger partial charge < -0.3 is 15.2 Å². The van der Waals surface area contributed by atoms with Gasteiger partial charge in [-0.05, 0) is 18.6 Å². The lowest BCUT2D eigenvalue weighted by Gasteiger charge is -2.11. The van der Waals surface area contributed by atoms with E-state index >= 15 is 0 Å². The number of anilines is 1. The first-order chi connectivity index (χ1) is 8.22. The van der Waals surface area contributed by atoms with Gasteiger partial charge in [0.15, 0.2) is 0 Å². The molecule has 1 aromatic rings. The summed E-state index contributed by atoms with van der Waals surface area (Å²) in [7, 11) is 1.47. The summed E-state index contributed by atoms with van der Waals surface area (Å²) in [6.07, 6.45) is 0.599. The van der Waals surface area contributed by atoms with Crippen LogP contribution in [0.1, 0.15) is 18.4 Å². The average Bonchev–Trinajstić information content (AvgIpc) is 2.36. The Hall–Kier alpha value is -2.06. The van der Waals surface area contributed by atoms with Gasteiger partial charge in [-0.15, -0.1) is 0 Å². The molecule has 0 aliphatic rings. The van der Waals surface area contributed by atoms with E-state index in [1.54, 1.807) is 18.2 Å². The molecule has 5 nitrogen and oxygen atoms in total. The smallest absolute Gasteiger partial charge is 0.224 e. The predicted molar refractivity (Wildman–Crippen MR) is 62.7 cm³/mol. The average molecular weight is 234 g/mol. The van der Waals surface area contributed by atoms with Crippen LogP contribution in [0.4, 0.5) is 5.69 Å². The zero-order valence-electron chi connectivity index (χ0n) is 9.56. The molecule has 0 saturated heterocycles. The minimum absolute atomic E-state index is 0.0373. The van der Waals surface area contributed by atoms with Gasteiger partial charge in [-0.1, -0.05) is 6.07 Å². The number of carbonyl (C=O) groups is 1. The highest BCUT2D eigenvalue weighted by atomic mass is 16.5. The summed E-state index contributed by atoms with van der Waals surface area (Å²) in [4.78, 5) is 11.5. The van der Waals surface area contributed by atoms with Crippen molar-refractivity contribution in [1.29, 1.82) is 5.26 Å². The van der Waals surface area contributed by atoms with Crippen LogP contribution < -0.4 is 10.1 Å². The van der Waals surface area contributed by atoms with Crippen LogP contribution in [0.3, 0.4) is 0 Å². The van der Waals surface area contributed by atoms with Crippen LogP contribution in [-0.2, 0) is 4.79 Å². The first kappa shape index (κ1) is 13.0. The zero-order valence-corrected chi connectivity index (χ0v) is 9.56. The fraction of sp³-hybridized carbons (Fsp3) is 0.333. The fourth-order valence-corrected chi connectivity index (χ4v) is 1.36. The molecule has 0 radical (unpaired) electrons. The van der Waals surface area contributed by atoms with Gasteiger partial charge in [0, 0.05) is 13.0 Å². The summed E-state index contributed by atoms with van der Waals surface area (Å²) < 4.78 is 5.08. The first-order valence-corrected chi connectivity index (χ1v) is 5.20. The number of nitrogens with one attached hydrogen (secondary N) is 1. The Bertz CT molecular complexity index is 438. The Kier molecular flexibility index (Phi) is 4.98. The van der Waals surface area contributed by atoms with Crippen LogP contribution in [0.15, 0.2) is 18.2 Å². The number of nitrogens with zero attached hydrogens (tertiary/aromatic N) is 1. The molecular formula is C12H14N2O3. The third-order valence-electron chi connectivity index (χ3n) is 2.19. The highest BCUT2D eigenvalue weighted by Crippen LogP contribution is 2.27. The van der Waals surface area contributed by atoms with Crippen molar-refractivity contribution in [1.82, 2.24) is 0 Å². The van der Waals surface area contributed by atoms with E-state index in [-0.39, 0.29) is 18.9 Å². The maximum absolute atomic E-state index is 11.5. The summed E-state index contributed by atoms with van der Waals surface area (Å²) >= 11 is 0. The molecule has 1 rings (SSSR count). The quantitative estimate of drug-likeness (QED) is 0.803. The number of aliphatic hydroxyl groups is 1. The fourth-order valence-electron chi connectivity index (χ4n) is 1.36. The van der Waals surface area contributed by atoms with Crippen molar-refractivity contribution in [3.05, 3.63) is 23.8 Å². The van der Waals surface area contributed by atoms with E-state index in [2.05, 4.69) is 5.32 Å². The maximum atomic E-state index is 11.5. The van der Waals surface area contributed by atoms with Gasteiger partial charge in [-0.25, -0.2) is 0 Å². The summed E-state index contributed by atoms with van der Waals surface area (Å²) in [6, 6.07) is 6.94. The van der Waals surface area contributed by atoms with E-state index < -0.39 is 0 Å². The molecule has 0 atom stereocenters. The van der Waals surface area contributed by atoms with Gasteiger partial charge in [0.25, 0.3) is 0 Å². The molecule has 0 bridgehead atoms. The van der Waals surface area contributed by atoms with E-state index in [0.29, 0.717) is 23.4 Å². The molecule has 17 heavy (non-hydrogen) atoms. The lowest BCUT2D eigenvalue weighted by Crippen LogP contribution is -2.13. The standard InChI is InChI=1S/C12H14N2O3/c1-17-10-5-2-4-9(8-13)12(10)14-11(16)6-3-7-15/h2,4-5,15H,3,6-7H2,1H3,(H,14,16). The van der Waals surface area contributed by atoms with Crippen molar-refractivity contribution in [2.75, 3.05) is 19.0 Å². The van der Waals surface area contributed by atoms with Crippen LogP contribution in [0.2, 0.25) is 0 Å². The van der Waals surface area contributed by atoms with E-state index in [1.165, 1.54) is 7.11 Å². The summed E-state index contributed by atoms with van der Waals surface area (Å²) in [5.74, 6) is 0.196. The van der Waals surface area contributed by atoms with Crippen LogP contribution in [-0.4, -0.2) is 24.7 Å². The Balaban J connectivity index is 2.88. The molecule has 0 unspecified atom stereocenters. The van der Waals surface area contributed by atoms with Crippen molar-refractivity contribution < 1.29 is 14.6 Å². The Labute approximate surface area is 99.6 Å². The largest absolute Gasteiger partial charge is 0.495 e. The lowest BCUT2D eigenvalue weighted by atomic mass is 10.1. The number of methoxy groups -OCH3 is 1. The number of benzene rings is 1. The summed E-state index contributed by atoms with van der Waals surface area (Å²) in [5, 5.41) is 20.2. The van der Waals surface area contributed by atoms with Gasteiger partial charge in [0.1, 0.15) is 17.5 Å². The SMILES string of the molecule is COc1cccc(C#N)c1NC(=O)CCCO. The molecule has 0 saturated carbocycles. The van der Waals surface area contributed by atoms with Crippen molar-refractivity contribution >= 4 is 11.6 Å². The molecule has 2 N–H and O–H groups in total. The van der Waals surface area contributed by atoms with E-state index in [4.69, 9.17) is 15.1 Å². The molecule has 1 aromatic carbocycles. The summed E-state index contributed by atoms with van der Waals surface area (Å²) in [5.41, 5.74) is 0.724. The van der Waals surface area contributed by atoms with E-state index in [0.717, 1.165) is 0 Å². The normalized spacial score (nSPS) is 9.47. The van der Waals surface area contributed by atoms with Crippen molar-refractivity contribution in [3.63, 3.8) is 0 Å². The third-order valence-corrected chi connectivity index (χ3v) is 2.19. The number of hydrogen-bond donors (Lipinski definition) is 2. The second-order valence-corrected chi connectivity index (χ2v) is 3.37. The topological polar surface area (TPSA) is 82.3 Å². The first-order valence-electron chi connectivity index (χ1n) is 5.20. The number of aliphatic hydroxyl groups excluding tert-OH is 1. The molecule has 1 amide bonds. The maximum Gasteiger partial charge on any atom is 0.224 e. The van der Waals surface area contributed by atoms with Crippen LogP contribution in [0, 0.1) is 11.3 Å². The monoisotopic (exact) mass is 234 g/mol. The number of carbonyl (C=O) groups excluding carboxylic acids is 1. The van der Waals surface area contributed by atoms with Gasteiger partial charge in [-0.3, -0.25) is 4.79 Å². The summed E-state index contributed by atoms with van der Waals surface area (Å²) in [6.45, 7) is -0.0373. The number of amides is 1. The van der Waals surface area contributed by atoms with Gasteiger partial charge >= 0.3 is 0 Å². The van der Waals surface area contributed by atoms with E-state index in [1.807, 2.05) is 6.07 Å². The molecule has 0 spiro atoms. The molecule has 0 aromatic heterocycles.